The van der Waals surface area contributed by atoms with Crippen molar-refractivity contribution in [1.82, 2.24) is 0 Å². The van der Waals surface area contributed by atoms with Crippen molar-refractivity contribution >= 4 is 141 Å². The summed E-state index contributed by atoms with van der Waals surface area (Å²) in [4.78, 5) is 0. The summed E-state index contributed by atoms with van der Waals surface area (Å²) in [5.41, 5.74) is 0. The molecule has 0 spiro atoms. The number of rotatable bonds is 0. The molecule has 0 atom stereocenters. The van der Waals surface area contributed by atoms with Crippen LogP contribution < -0.4 is 0 Å². The van der Waals surface area contributed by atoms with E-state index < -0.39 is 0 Å². The molecule has 0 aliphatic heterocycles. The van der Waals surface area contributed by atoms with E-state index in [-0.39, 0.29) is 191 Å². The van der Waals surface area contributed by atoms with Crippen LogP contribution >= 0.6 is 0 Å². The molecule has 0 rings (SSSR count). The Hall–Kier alpha value is 6.34. The molecule has 0 heterocycles. The van der Waals surface area contributed by atoms with Crippen LogP contribution in [0.4, 0.5) is 0 Å². The van der Waals surface area contributed by atoms with Gasteiger partial charge >= 0.3 is 114 Å². The molecule has 3 radical (unpaired) electrons. The van der Waals surface area contributed by atoms with Crippen LogP contribution in [0.5, 0.6) is 0 Å². The standard InChI is InChI=1S/Au.Bi.Cd.Ga.GeH4.In.Sb.Tl.11H/h;;;;1H4;;;;;;;;;;;;;;. The fourth-order valence-corrected chi connectivity index (χ4v) is 0. The molecular weight excluding hydrogens is 1100 g/mol. The van der Waals surface area contributed by atoms with Gasteiger partial charge in [0.1, 0.15) is 0 Å². The predicted octanol–water partition coefficient (Wildman–Crippen LogP) is -6.31. The zero-order valence-corrected chi connectivity index (χ0v) is 22.4. The zero-order chi connectivity index (χ0) is 0. The molecule has 8 heteroatoms. The molecule has 51 valence electrons. The van der Waals surface area contributed by atoms with Gasteiger partial charge in [-0.15, -0.1) is 0 Å². The number of hydrogen-bond acceptors (Lipinski definition) is 0. The molecule has 0 aromatic heterocycles. The average molecular weight is 1120 g/mol. The van der Waals surface area contributed by atoms with Crippen molar-refractivity contribution in [2.24, 2.45) is 0 Å². The normalized spacial score (nSPS) is 0. The van der Waals surface area contributed by atoms with Gasteiger partial charge in [-0.25, -0.2) is 0 Å². The first-order valence-electron chi connectivity index (χ1n) is 0. The first-order chi connectivity index (χ1) is 0. The van der Waals surface area contributed by atoms with Gasteiger partial charge in [-0.2, -0.15) is 0 Å². The maximum Gasteiger partial charge on any atom is 0 e. The predicted molar refractivity (Wildman–Crippen MR) is 55.4 cm³/mol. The van der Waals surface area contributed by atoms with Crippen LogP contribution in [0.15, 0.2) is 0 Å². The smallest absolute Gasteiger partial charge is 0 e. The third-order valence-corrected chi connectivity index (χ3v) is 0. The van der Waals surface area contributed by atoms with Gasteiger partial charge in [-0.05, 0) is 0 Å². The summed E-state index contributed by atoms with van der Waals surface area (Å²) in [6.07, 6.45) is 0. The van der Waals surface area contributed by atoms with Crippen LogP contribution in [-0.4, -0.2) is 141 Å². The topological polar surface area (TPSA) is 0 Å². The molecule has 0 bridgehead atoms. The van der Waals surface area contributed by atoms with Crippen molar-refractivity contribution in [3.8, 4) is 0 Å². The van der Waals surface area contributed by atoms with Gasteiger partial charge in [0, 0.05) is 77.0 Å². The molecule has 0 unspecified atom stereocenters. The summed E-state index contributed by atoms with van der Waals surface area (Å²) >= 11 is 0. The molecule has 0 aliphatic carbocycles. The fraction of sp³-hybridized carbons (Fsp3) is 0. The zero-order valence-electron chi connectivity index (χ0n) is 2.87. The molecule has 0 N–H and O–H groups in total. The quantitative estimate of drug-likeness (QED) is 0.213. The van der Waals surface area contributed by atoms with Gasteiger partial charge in [-0.1, -0.05) is 0 Å². The third-order valence-electron chi connectivity index (χ3n) is 0. The monoisotopic (exact) mass is 1120 g/mol. The average Bonchev–Trinajstić information content (AvgIpc) is 0. The van der Waals surface area contributed by atoms with Gasteiger partial charge in [0.2, 0.25) is 0 Å². The SMILES string of the molecule is [Au].[BiH3].[Cd].[GaH3].[GeH4].[InH3].[SbH2].[Tl]. The van der Waals surface area contributed by atoms with Crippen molar-refractivity contribution in [2.75, 3.05) is 0 Å². The van der Waals surface area contributed by atoms with E-state index in [0.717, 1.165) is 0 Å². The summed E-state index contributed by atoms with van der Waals surface area (Å²) in [6, 6.07) is 0. The van der Waals surface area contributed by atoms with Crippen LogP contribution in [0.2, 0.25) is 0 Å². The van der Waals surface area contributed by atoms with E-state index in [4.69, 9.17) is 0 Å². The Kier molecular flexibility index (Phi) is 401. The molecule has 8 heavy (non-hydrogen) atoms. The van der Waals surface area contributed by atoms with Crippen LogP contribution in [0.1, 0.15) is 0 Å². The summed E-state index contributed by atoms with van der Waals surface area (Å²) in [5, 5.41) is 0. The Bertz CT molecular complexity index is 24.0. The first kappa shape index (κ1) is 63.5. The molecule has 0 amide bonds. The third kappa shape index (κ3) is 39.5. The molecule has 0 nitrogen and oxygen atoms in total. The van der Waals surface area contributed by atoms with E-state index in [1.807, 2.05) is 0 Å². The van der Waals surface area contributed by atoms with E-state index in [9.17, 15) is 0 Å². The Morgan fingerprint density at radius 1 is 1.00 bits per heavy atom. The Morgan fingerprint density at radius 3 is 1.00 bits per heavy atom. The maximum absolute atomic E-state index is 0. The minimum absolute atomic E-state index is 0. The Morgan fingerprint density at radius 2 is 1.00 bits per heavy atom. The first-order valence-corrected chi connectivity index (χ1v) is 0. The maximum atomic E-state index is 0. The fourth-order valence-electron chi connectivity index (χ4n) is 0. The van der Waals surface area contributed by atoms with Crippen LogP contribution in [0.25, 0.3) is 0 Å². The van der Waals surface area contributed by atoms with Crippen molar-refractivity contribution < 1.29 is 49.7 Å². The van der Waals surface area contributed by atoms with Gasteiger partial charge in [0.15, 0.2) is 0 Å². The van der Waals surface area contributed by atoms with E-state index in [0.29, 0.717) is 0 Å². The summed E-state index contributed by atoms with van der Waals surface area (Å²) in [6.45, 7) is 0. The van der Waals surface area contributed by atoms with Crippen LogP contribution in [0.3, 0.4) is 0 Å². The minimum Gasteiger partial charge on any atom is 0 e. The van der Waals surface area contributed by atoms with Crippen LogP contribution in [-0.2, 0) is 49.7 Å². The van der Waals surface area contributed by atoms with Crippen LogP contribution in [0, 0.1) is 0 Å². The van der Waals surface area contributed by atoms with E-state index in [1.165, 1.54) is 0 Å². The van der Waals surface area contributed by atoms with Gasteiger partial charge in [0.05, 0.1) is 0 Å². The van der Waals surface area contributed by atoms with E-state index >= 15 is 0 Å². The van der Waals surface area contributed by atoms with Gasteiger partial charge < -0.3 is 0 Å². The van der Waals surface area contributed by atoms with Gasteiger partial charge in [0.25, 0.3) is 0 Å². The Balaban J connectivity index is 0. The molecule has 0 aromatic rings. The second kappa shape index (κ2) is 50.6. The Labute approximate surface area is 186 Å². The summed E-state index contributed by atoms with van der Waals surface area (Å²) in [7, 11) is 0. The second-order valence-electron chi connectivity index (χ2n) is 0. The minimum atomic E-state index is 0. The summed E-state index contributed by atoms with van der Waals surface area (Å²) < 4.78 is 0. The molecule has 0 saturated carbocycles. The molecule has 0 saturated heterocycles. The molecule has 0 aliphatic rings. The van der Waals surface area contributed by atoms with Crippen molar-refractivity contribution in [2.45, 2.75) is 0 Å². The molecule has 0 fully saturated rings. The largest absolute Gasteiger partial charge is 0 e. The number of hydrogen-bond donors (Lipinski definition) is 0. The van der Waals surface area contributed by atoms with Crippen molar-refractivity contribution in [3.05, 3.63) is 0 Å². The second-order valence-corrected chi connectivity index (χ2v) is 0. The summed E-state index contributed by atoms with van der Waals surface area (Å²) in [5.74, 6) is 0. The molecule has 0 aromatic carbocycles. The van der Waals surface area contributed by atoms with Gasteiger partial charge in [-0.3, -0.25) is 0 Å². The molecular formula is H15AuBiCdGaGeInSbTl. The van der Waals surface area contributed by atoms with Crippen molar-refractivity contribution in [1.29, 1.82) is 0 Å². The van der Waals surface area contributed by atoms with E-state index in [1.54, 1.807) is 0 Å². The van der Waals surface area contributed by atoms with Crippen molar-refractivity contribution in [3.63, 3.8) is 0 Å². The van der Waals surface area contributed by atoms with E-state index in [2.05, 4.69) is 0 Å².